The van der Waals surface area contributed by atoms with Crippen LogP contribution in [0.4, 0.5) is 11.4 Å². The van der Waals surface area contributed by atoms with Crippen LogP contribution in [0.1, 0.15) is 32.6 Å². The van der Waals surface area contributed by atoms with E-state index < -0.39 is 17.2 Å². The molecule has 0 aliphatic carbocycles. The molecule has 7 heteroatoms. The first-order valence-corrected chi connectivity index (χ1v) is 10.1. The highest BCUT2D eigenvalue weighted by Crippen LogP contribution is 2.38. The van der Waals surface area contributed by atoms with E-state index in [1.807, 2.05) is 31.2 Å². The zero-order chi connectivity index (χ0) is 19.7. The van der Waals surface area contributed by atoms with Crippen molar-refractivity contribution in [3.63, 3.8) is 0 Å². The molecule has 2 saturated heterocycles. The van der Waals surface area contributed by atoms with E-state index in [4.69, 9.17) is 0 Å². The lowest BCUT2D eigenvalue weighted by Gasteiger charge is -2.44. The van der Waals surface area contributed by atoms with E-state index in [9.17, 15) is 14.7 Å². The van der Waals surface area contributed by atoms with Gasteiger partial charge in [-0.15, -0.1) is 0 Å². The summed E-state index contributed by atoms with van der Waals surface area (Å²) >= 11 is 0. The Hall–Kier alpha value is -2.54. The number of aliphatic hydroxyl groups excluding tert-OH is 1. The molecule has 1 aromatic carbocycles. The molecule has 0 radical (unpaired) electrons. The van der Waals surface area contributed by atoms with Crippen LogP contribution in [-0.4, -0.2) is 49.1 Å². The summed E-state index contributed by atoms with van der Waals surface area (Å²) in [6, 6.07) is 7.48. The van der Waals surface area contributed by atoms with Crippen LogP contribution >= 0.6 is 0 Å². The van der Waals surface area contributed by atoms with Gasteiger partial charge in [-0.05, 0) is 63.4 Å². The summed E-state index contributed by atoms with van der Waals surface area (Å²) < 4.78 is 0. The number of rotatable bonds is 3. The van der Waals surface area contributed by atoms with Crippen LogP contribution in [0.5, 0.6) is 0 Å². The lowest BCUT2D eigenvalue weighted by atomic mass is 9.72. The predicted molar refractivity (Wildman–Crippen MR) is 108 cm³/mol. The third-order valence-electron chi connectivity index (χ3n) is 6.25. The highest BCUT2D eigenvalue weighted by molar-refractivity contribution is 6.23. The van der Waals surface area contributed by atoms with Gasteiger partial charge >= 0.3 is 0 Å². The number of nitrogens with zero attached hydrogens (tertiary/aromatic N) is 1. The minimum Gasteiger partial charge on any atom is -0.511 e. The number of piperidine rings is 2. The highest BCUT2D eigenvalue weighted by atomic mass is 16.3. The fourth-order valence-electron chi connectivity index (χ4n) is 4.45. The number of hydrogen-bond acceptors (Lipinski definition) is 5. The molecule has 0 spiro atoms. The molecule has 3 aliphatic rings. The van der Waals surface area contributed by atoms with Gasteiger partial charge in [0.15, 0.2) is 0 Å². The number of anilines is 2. The summed E-state index contributed by atoms with van der Waals surface area (Å²) in [5, 5.41) is 19.7. The van der Waals surface area contributed by atoms with E-state index >= 15 is 0 Å². The van der Waals surface area contributed by atoms with Crippen molar-refractivity contribution in [1.82, 2.24) is 10.6 Å². The number of carbonyl (C=O) groups is 2. The zero-order valence-electron chi connectivity index (χ0n) is 16.3. The lowest BCUT2D eigenvalue weighted by molar-refractivity contribution is -0.124. The number of carbonyl (C=O) groups excluding carboxylic acids is 2. The fraction of sp³-hybridized carbons (Fsp3) is 0.524. The third kappa shape index (κ3) is 3.35. The van der Waals surface area contributed by atoms with Crippen LogP contribution in [0.2, 0.25) is 0 Å². The van der Waals surface area contributed by atoms with Gasteiger partial charge in [-0.1, -0.05) is 0 Å². The molecule has 7 nitrogen and oxygen atoms in total. The Kier molecular flexibility index (Phi) is 5.02. The summed E-state index contributed by atoms with van der Waals surface area (Å²) in [5.74, 6) is -1.22. The number of hydrogen-bond donors (Lipinski definition) is 4. The van der Waals surface area contributed by atoms with Crippen molar-refractivity contribution in [3.05, 3.63) is 35.6 Å². The average Bonchev–Trinajstić information content (AvgIpc) is 2.70. The van der Waals surface area contributed by atoms with Gasteiger partial charge in [-0.25, -0.2) is 0 Å². The first-order valence-electron chi connectivity index (χ1n) is 10.1. The molecule has 1 aromatic rings. The topological polar surface area (TPSA) is 93.7 Å². The number of benzene rings is 1. The Morgan fingerprint density at radius 3 is 2.64 bits per heavy atom. The van der Waals surface area contributed by atoms with Crippen LogP contribution < -0.4 is 20.9 Å². The molecule has 4 rings (SSSR count). The molecule has 0 saturated carbocycles. The first kappa shape index (κ1) is 18.8. The standard InChI is InChI=1S/C21H28N4O3/c1-21-13-22-10-9-16(21)24-20(28)17(18(21)26)19(27)23-14-5-7-15(8-6-14)25-11-3-2-4-12-25/h5-8,16,22,26H,2-4,9-13H2,1H3,(H,23,27)(H,24,28)/t16-,21-/m1/s1. The van der Waals surface area contributed by atoms with Crippen molar-refractivity contribution in [2.24, 2.45) is 5.41 Å². The second kappa shape index (κ2) is 7.47. The van der Waals surface area contributed by atoms with Gasteiger partial charge in [0.2, 0.25) is 0 Å². The molecule has 150 valence electrons. The average molecular weight is 384 g/mol. The van der Waals surface area contributed by atoms with E-state index in [1.54, 1.807) is 0 Å². The Labute approximate surface area is 165 Å². The number of nitrogens with one attached hydrogen (secondary N) is 3. The maximum absolute atomic E-state index is 12.8. The Bertz CT molecular complexity index is 798. The van der Waals surface area contributed by atoms with Crippen LogP contribution in [-0.2, 0) is 9.59 Å². The molecular formula is C21H28N4O3. The second-order valence-corrected chi connectivity index (χ2v) is 8.18. The van der Waals surface area contributed by atoms with Gasteiger partial charge in [-0.2, -0.15) is 0 Å². The van der Waals surface area contributed by atoms with Crippen LogP contribution in [0, 0.1) is 5.41 Å². The SMILES string of the molecule is C[C@@]12CNCC[C@H]1NC(=O)C(C(=O)Nc1ccc(N3CCCCC3)cc1)=C2O. The van der Waals surface area contributed by atoms with E-state index in [2.05, 4.69) is 20.9 Å². The molecular weight excluding hydrogens is 356 g/mol. The number of fused-ring (bicyclic) bond motifs is 1. The molecule has 0 unspecified atom stereocenters. The first-order chi connectivity index (χ1) is 13.5. The van der Waals surface area contributed by atoms with Crippen molar-refractivity contribution >= 4 is 23.2 Å². The molecule has 28 heavy (non-hydrogen) atoms. The van der Waals surface area contributed by atoms with E-state index in [1.165, 1.54) is 19.3 Å². The normalized spacial score (nSPS) is 27.8. The summed E-state index contributed by atoms with van der Waals surface area (Å²) in [6.07, 6.45) is 4.41. The quantitative estimate of drug-likeness (QED) is 0.598. The monoisotopic (exact) mass is 384 g/mol. The van der Waals surface area contributed by atoms with Crippen LogP contribution in [0.3, 0.4) is 0 Å². The van der Waals surface area contributed by atoms with Crippen LogP contribution in [0.25, 0.3) is 0 Å². The van der Waals surface area contributed by atoms with Crippen molar-refractivity contribution in [1.29, 1.82) is 0 Å². The summed E-state index contributed by atoms with van der Waals surface area (Å²) in [7, 11) is 0. The van der Waals surface area contributed by atoms with E-state index in [0.29, 0.717) is 12.2 Å². The van der Waals surface area contributed by atoms with Gasteiger partial charge in [0, 0.05) is 37.1 Å². The molecule has 4 N–H and O–H groups in total. The maximum Gasteiger partial charge on any atom is 0.264 e. The Morgan fingerprint density at radius 2 is 1.93 bits per heavy atom. The van der Waals surface area contributed by atoms with Gasteiger partial charge in [0.25, 0.3) is 11.8 Å². The fourth-order valence-corrected chi connectivity index (χ4v) is 4.45. The maximum atomic E-state index is 12.8. The molecule has 2 amide bonds. The Balaban J connectivity index is 1.51. The number of aliphatic hydroxyl groups is 1. The molecule has 2 atom stereocenters. The van der Waals surface area contributed by atoms with Gasteiger partial charge in [0.05, 0.1) is 5.41 Å². The lowest BCUT2D eigenvalue weighted by Crippen LogP contribution is -2.61. The van der Waals surface area contributed by atoms with Gasteiger partial charge in [-0.3, -0.25) is 9.59 Å². The highest BCUT2D eigenvalue weighted by Gasteiger charge is 2.48. The van der Waals surface area contributed by atoms with Crippen molar-refractivity contribution in [2.45, 2.75) is 38.6 Å². The van der Waals surface area contributed by atoms with Crippen LogP contribution in [0.15, 0.2) is 35.6 Å². The van der Waals surface area contributed by atoms with Crippen molar-refractivity contribution in [3.8, 4) is 0 Å². The zero-order valence-corrected chi connectivity index (χ0v) is 16.3. The van der Waals surface area contributed by atoms with Crippen molar-refractivity contribution < 1.29 is 14.7 Å². The molecule has 0 aromatic heterocycles. The minimum absolute atomic E-state index is 0.129. The molecule has 3 heterocycles. The van der Waals surface area contributed by atoms with Gasteiger partial charge < -0.3 is 26.0 Å². The van der Waals surface area contributed by atoms with Gasteiger partial charge in [0.1, 0.15) is 11.3 Å². The van der Waals surface area contributed by atoms with E-state index in [0.717, 1.165) is 31.7 Å². The summed E-state index contributed by atoms with van der Waals surface area (Å²) in [6.45, 7) is 5.28. The number of amides is 2. The minimum atomic E-state index is -0.670. The largest absolute Gasteiger partial charge is 0.511 e. The van der Waals surface area contributed by atoms with E-state index in [-0.39, 0.29) is 17.4 Å². The summed E-state index contributed by atoms with van der Waals surface area (Å²) in [5.41, 5.74) is 0.881. The van der Waals surface area contributed by atoms with Crippen molar-refractivity contribution in [2.75, 3.05) is 36.4 Å². The molecule has 2 fully saturated rings. The Morgan fingerprint density at radius 1 is 1.21 bits per heavy atom. The predicted octanol–water partition coefficient (Wildman–Crippen LogP) is 1.93. The smallest absolute Gasteiger partial charge is 0.264 e. The molecule has 3 aliphatic heterocycles. The third-order valence-corrected chi connectivity index (χ3v) is 6.25. The molecule has 0 bridgehead atoms. The summed E-state index contributed by atoms with van der Waals surface area (Å²) in [4.78, 5) is 27.6. The second-order valence-electron chi connectivity index (χ2n) is 8.18.